The first kappa shape index (κ1) is 14.8. The van der Waals surface area contributed by atoms with Gasteiger partial charge in [-0.2, -0.15) is 0 Å². The van der Waals surface area contributed by atoms with E-state index in [0.717, 1.165) is 44.8 Å². The lowest BCUT2D eigenvalue weighted by Crippen LogP contribution is -2.31. The third kappa shape index (κ3) is 4.45. The minimum atomic E-state index is -0.309. The van der Waals surface area contributed by atoms with Crippen molar-refractivity contribution in [3.05, 3.63) is 30.6 Å². The number of ether oxygens (including phenoxy) is 1. The standard InChI is InChI=1S/C13H19IN2O3/c14-11-9-16(13(18)15-12(11)17)6-2-1-3-10-4-7-19-8-5-10/h9-10H,1-8H2,(H,15,17,18). The van der Waals surface area contributed by atoms with Crippen LogP contribution in [0.4, 0.5) is 0 Å². The van der Waals surface area contributed by atoms with E-state index < -0.39 is 0 Å². The Morgan fingerprint density at radius 1 is 1.32 bits per heavy atom. The van der Waals surface area contributed by atoms with E-state index in [9.17, 15) is 9.59 Å². The summed E-state index contributed by atoms with van der Waals surface area (Å²) >= 11 is 1.95. The lowest BCUT2D eigenvalue weighted by atomic mass is 9.94. The number of rotatable bonds is 5. The van der Waals surface area contributed by atoms with Crippen molar-refractivity contribution in [1.29, 1.82) is 0 Å². The van der Waals surface area contributed by atoms with Gasteiger partial charge in [-0.1, -0.05) is 12.8 Å². The molecule has 5 nitrogen and oxygen atoms in total. The summed E-state index contributed by atoms with van der Waals surface area (Å²) in [6, 6.07) is 0. The molecule has 19 heavy (non-hydrogen) atoms. The first-order chi connectivity index (χ1) is 9.16. The molecule has 2 heterocycles. The molecule has 0 bridgehead atoms. The number of hydrogen-bond acceptors (Lipinski definition) is 3. The Morgan fingerprint density at radius 2 is 2.05 bits per heavy atom. The zero-order valence-corrected chi connectivity index (χ0v) is 13.0. The van der Waals surface area contributed by atoms with Crippen LogP contribution in [-0.4, -0.2) is 22.8 Å². The van der Waals surface area contributed by atoms with Crippen molar-refractivity contribution in [1.82, 2.24) is 9.55 Å². The van der Waals surface area contributed by atoms with Gasteiger partial charge in [-0.25, -0.2) is 4.79 Å². The van der Waals surface area contributed by atoms with Crippen molar-refractivity contribution < 1.29 is 4.74 Å². The highest BCUT2D eigenvalue weighted by Gasteiger charge is 2.12. The Labute approximate surface area is 125 Å². The van der Waals surface area contributed by atoms with Crippen LogP contribution in [0.5, 0.6) is 0 Å². The van der Waals surface area contributed by atoms with E-state index >= 15 is 0 Å². The van der Waals surface area contributed by atoms with Gasteiger partial charge in [-0.3, -0.25) is 14.3 Å². The molecule has 1 fully saturated rings. The van der Waals surface area contributed by atoms with E-state index in [1.54, 1.807) is 10.8 Å². The number of aromatic amines is 1. The number of unbranched alkanes of at least 4 members (excludes halogenated alkanes) is 1. The third-order valence-electron chi connectivity index (χ3n) is 3.57. The van der Waals surface area contributed by atoms with Gasteiger partial charge >= 0.3 is 5.69 Å². The van der Waals surface area contributed by atoms with Crippen molar-refractivity contribution in [3.63, 3.8) is 0 Å². The molecule has 0 aliphatic carbocycles. The number of aromatic nitrogens is 2. The molecular weight excluding hydrogens is 359 g/mol. The van der Waals surface area contributed by atoms with Crippen LogP contribution in [0.3, 0.4) is 0 Å². The molecule has 106 valence electrons. The molecule has 1 aromatic heterocycles. The van der Waals surface area contributed by atoms with E-state index in [-0.39, 0.29) is 11.2 Å². The van der Waals surface area contributed by atoms with Crippen LogP contribution in [0.15, 0.2) is 15.8 Å². The monoisotopic (exact) mass is 378 g/mol. The van der Waals surface area contributed by atoms with Gasteiger partial charge < -0.3 is 4.74 Å². The summed E-state index contributed by atoms with van der Waals surface area (Å²) in [6.07, 6.45) is 7.26. The number of nitrogens with one attached hydrogen (secondary N) is 1. The Kier molecular flexibility index (Phi) is 5.62. The summed E-state index contributed by atoms with van der Waals surface area (Å²) in [4.78, 5) is 25.1. The number of halogens is 1. The summed E-state index contributed by atoms with van der Waals surface area (Å²) < 4.78 is 7.48. The summed E-state index contributed by atoms with van der Waals surface area (Å²) in [5, 5.41) is 0. The topological polar surface area (TPSA) is 64.1 Å². The molecule has 2 rings (SSSR count). The highest BCUT2D eigenvalue weighted by Crippen LogP contribution is 2.20. The highest BCUT2D eigenvalue weighted by molar-refractivity contribution is 14.1. The van der Waals surface area contributed by atoms with Crippen LogP contribution in [0.1, 0.15) is 32.1 Å². The van der Waals surface area contributed by atoms with E-state index in [2.05, 4.69) is 4.98 Å². The Balaban J connectivity index is 1.78. The SMILES string of the molecule is O=c1[nH]c(=O)n(CCCCC2CCOCC2)cc1I. The van der Waals surface area contributed by atoms with Crippen molar-refractivity contribution in [3.8, 4) is 0 Å². The Morgan fingerprint density at radius 3 is 2.79 bits per heavy atom. The van der Waals surface area contributed by atoms with Gasteiger partial charge in [0.05, 0.1) is 3.57 Å². The van der Waals surface area contributed by atoms with Crippen LogP contribution in [0, 0.1) is 9.49 Å². The summed E-state index contributed by atoms with van der Waals surface area (Å²) in [7, 11) is 0. The normalized spacial score (nSPS) is 16.7. The minimum Gasteiger partial charge on any atom is -0.381 e. The minimum absolute atomic E-state index is 0.302. The molecule has 1 aromatic rings. The van der Waals surface area contributed by atoms with Gasteiger partial charge in [-0.15, -0.1) is 0 Å². The van der Waals surface area contributed by atoms with E-state index in [1.807, 2.05) is 22.6 Å². The number of nitrogens with zero attached hydrogens (tertiary/aromatic N) is 1. The molecule has 1 N–H and O–H groups in total. The predicted molar refractivity (Wildman–Crippen MR) is 81.4 cm³/mol. The van der Waals surface area contributed by atoms with Crippen molar-refractivity contribution >= 4 is 22.6 Å². The first-order valence-corrected chi connectivity index (χ1v) is 7.81. The Bertz CT molecular complexity index is 517. The van der Waals surface area contributed by atoms with Gasteiger partial charge in [0.1, 0.15) is 0 Å². The average molecular weight is 378 g/mol. The molecule has 0 saturated carbocycles. The van der Waals surface area contributed by atoms with Crippen molar-refractivity contribution in [2.24, 2.45) is 5.92 Å². The maximum Gasteiger partial charge on any atom is 0.328 e. The fourth-order valence-electron chi connectivity index (χ4n) is 2.40. The number of aryl methyl sites for hydroxylation is 1. The van der Waals surface area contributed by atoms with Gasteiger partial charge in [0, 0.05) is 26.0 Å². The van der Waals surface area contributed by atoms with Gasteiger partial charge in [0.25, 0.3) is 5.56 Å². The average Bonchev–Trinajstić information content (AvgIpc) is 2.41. The second kappa shape index (κ2) is 7.23. The molecule has 0 aromatic carbocycles. The molecule has 0 spiro atoms. The maximum absolute atomic E-state index is 11.6. The highest BCUT2D eigenvalue weighted by atomic mass is 127. The summed E-state index contributed by atoms with van der Waals surface area (Å²) in [6.45, 7) is 2.46. The van der Waals surface area contributed by atoms with Crippen LogP contribution in [-0.2, 0) is 11.3 Å². The smallest absolute Gasteiger partial charge is 0.328 e. The van der Waals surface area contributed by atoms with Crippen LogP contribution in [0.2, 0.25) is 0 Å². The molecule has 0 radical (unpaired) electrons. The van der Waals surface area contributed by atoms with Crippen LogP contribution in [0.25, 0.3) is 0 Å². The van der Waals surface area contributed by atoms with Crippen molar-refractivity contribution in [2.75, 3.05) is 13.2 Å². The summed E-state index contributed by atoms with van der Waals surface area (Å²) in [5.41, 5.74) is -0.611. The third-order valence-corrected chi connectivity index (χ3v) is 4.34. The first-order valence-electron chi connectivity index (χ1n) is 6.74. The zero-order chi connectivity index (χ0) is 13.7. The molecular formula is C13H19IN2O3. The quantitative estimate of drug-likeness (QED) is 0.627. The predicted octanol–water partition coefficient (Wildman–Crippen LogP) is 1.74. The van der Waals surface area contributed by atoms with Gasteiger partial charge in [0.2, 0.25) is 0 Å². The molecule has 0 atom stereocenters. The molecule has 1 aliphatic heterocycles. The number of hydrogen-bond donors (Lipinski definition) is 1. The van der Waals surface area contributed by atoms with Crippen LogP contribution >= 0.6 is 22.6 Å². The van der Waals surface area contributed by atoms with E-state index in [4.69, 9.17) is 4.74 Å². The summed E-state index contributed by atoms with van der Waals surface area (Å²) in [5.74, 6) is 0.779. The van der Waals surface area contributed by atoms with Crippen molar-refractivity contribution in [2.45, 2.75) is 38.6 Å². The van der Waals surface area contributed by atoms with E-state index in [0.29, 0.717) is 10.1 Å². The molecule has 0 amide bonds. The zero-order valence-electron chi connectivity index (χ0n) is 10.9. The molecule has 0 unspecified atom stereocenters. The Hall–Kier alpha value is -0.630. The maximum atomic E-state index is 11.6. The molecule has 1 aliphatic rings. The fourth-order valence-corrected chi connectivity index (χ4v) is 2.87. The van der Waals surface area contributed by atoms with Gasteiger partial charge in [0.15, 0.2) is 0 Å². The van der Waals surface area contributed by atoms with E-state index in [1.165, 1.54) is 6.42 Å². The van der Waals surface area contributed by atoms with Gasteiger partial charge in [-0.05, 0) is 47.8 Å². The lowest BCUT2D eigenvalue weighted by Gasteiger charge is -2.21. The second-order valence-corrected chi connectivity index (χ2v) is 6.14. The lowest BCUT2D eigenvalue weighted by molar-refractivity contribution is 0.0630. The number of H-pyrrole nitrogens is 1. The molecule has 6 heteroatoms. The second-order valence-electron chi connectivity index (χ2n) is 4.98. The molecule has 1 saturated heterocycles. The largest absolute Gasteiger partial charge is 0.381 e. The van der Waals surface area contributed by atoms with Crippen LogP contribution < -0.4 is 11.2 Å². The fraction of sp³-hybridized carbons (Fsp3) is 0.692.